The monoisotopic (exact) mass is 261 g/mol. The summed E-state index contributed by atoms with van der Waals surface area (Å²) in [6.45, 7) is 5.48. The van der Waals surface area contributed by atoms with Gasteiger partial charge in [0.1, 0.15) is 6.54 Å². The van der Waals surface area contributed by atoms with Gasteiger partial charge >= 0.3 is 0 Å². The molecule has 0 N–H and O–H groups in total. The number of aromatic nitrogens is 1. The molecular weight excluding hydrogens is 242 g/mol. The lowest BCUT2D eigenvalue weighted by molar-refractivity contribution is -0.697. The van der Waals surface area contributed by atoms with Crippen molar-refractivity contribution in [2.45, 2.75) is 33.2 Å². The topological polar surface area (TPSA) is 70.3 Å². The van der Waals surface area contributed by atoms with E-state index in [1.54, 1.807) is 0 Å². The Bertz CT molecular complexity index is 400. The molecule has 98 valence electrons. The highest BCUT2D eigenvalue weighted by molar-refractivity contribution is 7.80. The summed E-state index contributed by atoms with van der Waals surface area (Å²) in [6, 6.07) is 4.30. The Hall–Kier alpha value is -0.980. The zero-order valence-electron chi connectivity index (χ0n) is 10.4. The fourth-order valence-corrected chi connectivity index (χ4v) is 1.02. The predicted molar refractivity (Wildman–Crippen MR) is 63.0 cm³/mol. The summed E-state index contributed by atoms with van der Waals surface area (Å²) in [4.78, 5) is 0. The van der Waals surface area contributed by atoms with Crippen LogP contribution < -0.4 is 4.57 Å². The van der Waals surface area contributed by atoms with Crippen LogP contribution in [0.25, 0.3) is 0 Å². The molecule has 0 fully saturated rings. The second kappa shape index (κ2) is 8.16. The van der Waals surface area contributed by atoms with Crippen LogP contribution >= 0.6 is 0 Å². The van der Waals surface area contributed by atoms with E-state index in [1.807, 2.05) is 0 Å². The Morgan fingerprint density at radius 2 is 1.82 bits per heavy atom. The molecule has 17 heavy (non-hydrogen) atoms. The van der Waals surface area contributed by atoms with Crippen molar-refractivity contribution in [1.29, 1.82) is 0 Å². The summed E-state index contributed by atoms with van der Waals surface area (Å²) >= 11 is 0. The average molecular weight is 261 g/mol. The van der Waals surface area contributed by atoms with Gasteiger partial charge < -0.3 is 4.55 Å². The minimum atomic E-state index is -4.41. The van der Waals surface area contributed by atoms with Crippen molar-refractivity contribution in [2.75, 3.05) is 7.11 Å². The molecule has 0 aliphatic heterocycles. The summed E-state index contributed by atoms with van der Waals surface area (Å²) in [5.41, 5.74) is 1.33. The number of aryl methyl sites for hydroxylation is 2. The van der Waals surface area contributed by atoms with Gasteiger partial charge in [-0.15, -0.1) is 0 Å². The van der Waals surface area contributed by atoms with Gasteiger partial charge in [-0.05, 0) is 12.5 Å². The molecule has 0 bridgehead atoms. The molecule has 1 aromatic rings. The van der Waals surface area contributed by atoms with E-state index < -0.39 is 10.4 Å². The minimum absolute atomic E-state index is 0.808. The molecule has 0 aliphatic rings. The summed E-state index contributed by atoms with van der Waals surface area (Å²) in [6.07, 6.45) is 6.82. The zero-order valence-corrected chi connectivity index (χ0v) is 11.2. The normalized spacial score (nSPS) is 10.6. The van der Waals surface area contributed by atoms with Crippen LogP contribution in [-0.4, -0.2) is 20.1 Å². The van der Waals surface area contributed by atoms with Crippen molar-refractivity contribution in [3.05, 3.63) is 30.1 Å². The minimum Gasteiger partial charge on any atom is -0.726 e. The summed E-state index contributed by atoms with van der Waals surface area (Å²) in [7, 11) is -3.60. The van der Waals surface area contributed by atoms with Crippen LogP contribution in [0.4, 0.5) is 0 Å². The molecular formula is C11H19NO4S. The first-order valence-corrected chi connectivity index (χ1v) is 6.69. The Morgan fingerprint density at radius 1 is 1.35 bits per heavy atom. The lowest BCUT2D eigenvalue weighted by Crippen LogP contribution is -2.32. The summed E-state index contributed by atoms with van der Waals surface area (Å²) in [5.74, 6) is 0. The third kappa shape index (κ3) is 9.92. The first-order valence-electron chi connectivity index (χ1n) is 5.36. The quantitative estimate of drug-likeness (QED) is 0.463. The van der Waals surface area contributed by atoms with Gasteiger partial charge in [0.15, 0.2) is 12.4 Å². The van der Waals surface area contributed by atoms with E-state index in [0.29, 0.717) is 0 Å². The van der Waals surface area contributed by atoms with Gasteiger partial charge in [-0.1, -0.05) is 13.3 Å². The maximum absolute atomic E-state index is 9.22. The second-order valence-corrected chi connectivity index (χ2v) is 4.69. The third-order valence-electron chi connectivity index (χ3n) is 2.03. The first kappa shape index (κ1) is 16.0. The number of rotatable bonds is 4. The average Bonchev–Trinajstić information content (AvgIpc) is 2.28. The maximum Gasteiger partial charge on any atom is 0.217 e. The molecule has 0 spiro atoms. The van der Waals surface area contributed by atoms with Crippen LogP contribution in [0.5, 0.6) is 0 Å². The van der Waals surface area contributed by atoms with E-state index in [1.165, 1.54) is 18.4 Å². The molecule has 6 heteroatoms. The SMILES string of the molecule is CCCC[n+]1ccc(C)cc1.COS(=O)(=O)[O-]. The van der Waals surface area contributed by atoms with Crippen molar-refractivity contribution < 1.29 is 21.7 Å². The van der Waals surface area contributed by atoms with Crippen molar-refractivity contribution in [2.24, 2.45) is 0 Å². The molecule has 0 unspecified atom stereocenters. The van der Waals surface area contributed by atoms with Crippen LogP contribution in [-0.2, 0) is 21.1 Å². The Morgan fingerprint density at radius 3 is 2.18 bits per heavy atom. The lowest BCUT2D eigenvalue weighted by Gasteiger charge is -1.98. The first-order chi connectivity index (χ1) is 7.89. The molecule has 0 saturated carbocycles. The Balaban J connectivity index is 0.000000366. The molecule has 0 atom stereocenters. The Kier molecular flexibility index (Phi) is 7.69. The largest absolute Gasteiger partial charge is 0.726 e. The predicted octanol–water partition coefficient (Wildman–Crippen LogP) is 1.18. The summed E-state index contributed by atoms with van der Waals surface area (Å²) in [5, 5.41) is 0. The molecule has 0 aromatic carbocycles. The number of hydrogen-bond donors (Lipinski definition) is 0. The molecule has 0 saturated heterocycles. The maximum atomic E-state index is 9.22. The van der Waals surface area contributed by atoms with E-state index >= 15 is 0 Å². The van der Waals surface area contributed by atoms with Crippen LogP contribution in [0.1, 0.15) is 25.3 Å². The number of pyridine rings is 1. The molecule has 0 radical (unpaired) electrons. The van der Waals surface area contributed by atoms with Crippen LogP contribution in [0.3, 0.4) is 0 Å². The van der Waals surface area contributed by atoms with Crippen LogP contribution in [0.2, 0.25) is 0 Å². The van der Waals surface area contributed by atoms with Crippen molar-refractivity contribution in [3.63, 3.8) is 0 Å². The Labute approximate surface area is 103 Å². The standard InChI is InChI=1S/C10H16N.CH4O4S/c1-3-4-7-11-8-5-10(2)6-9-11;1-5-6(2,3)4/h5-6,8-9H,3-4,7H2,1-2H3;1H3,(H,2,3,4)/q+1;/p-1. The van der Waals surface area contributed by atoms with Gasteiger partial charge in [0.25, 0.3) is 0 Å². The van der Waals surface area contributed by atoms with Gasteiger partial charge in [0.05, 0.1) is 7.11 Å². The van der Waals surface area contributed by atoms with E-state index in [9.17, 15) is 13.0 Å². The van der Waals surface area contributed by atoms with E-state index in [2.05, 4.69) is 47.1 Å². The van der Waals surface area contributed by atoms with E-state index in [4.69, 9.17) is 0 Å². The fourth-order valence-electron chi connectivity index (χ4n) is 1.02. The number of unbranched alkanes of at least 4 members (excludes halogenated alkanes) is 1. The molecule has 0 amide bonds. The van der Waals surface area contributed by atoms with Gasteiger partial charge in [-0.25, -0.2) is 13.0 Å². The molecule has 5 nitrogen and oxygen atoms in total. The third-order valence-corrected chi connectivity index (χ3v) is 2.44. The molecule has 1 rings (SSSR count). The second-order valence-electron chi connectivity index (χ2n) is 3.54. The van der Waals surface area contributed by atoms with Crippen molar-refractivity contribution >= 4 is 10.4 Å². The molecule has 0 aliphatic carbocycles. The van der Waals surface area contributed by atoms with Gasteiger partial charge in [-0.2, -0.15) is 0 Å². The van der Waals surface area contributed by atoms with Gasteiger partial charge in [-0.3, -0.25) is 4.18 Å². The highest BCUT2D eigenvalue weighted by Crippen LogP contribution is 1.91. The highest BCUT2D eigenvalue weighted by Gasteiger charge is 1.95. The molecule has 1 heterocycles. The van der Waals surface area contributed by atoms with Crippen LogP contribution in [0, 0.1) is 6.92 Å². The lowest BCUT2D eigenvalue weighted by atomic mass is 10.3. The number of hydrogen-bond acceptors (Lipinski definition) is 4. The van der Waals surface area contributed by atoms with Crippen LogP contribution in [0.15, 0.2) is 24.5 Å². The smallest absolute Gasteiger partial charge is 0.217 e. The van der Waals surface area contributed by atoms with Gasteiger partial charge in [0.2, 0.25) is 10.4 Å². The van der Waals surface area contributed by atoms with E-state index in [-0.39, 0.29) is 0 Å². The highest BCUT2D eigenvalue weighted by atomic mass is 32.3. The number of nitrogens with zero attached hydrogens (tertiary/aromatic N) is 1. The van der Waals surface area contributed by atoms with Crippen molar-refractivity contribution in [1.82, 2.24) is 0 Å². The fraction of sp³-hybridized carbons (Fsp3) is 0.545. The molecule has 1 aromatic heterocycles. The van der Waals surface area contributed by atoms with E-state index in [0.717, 1.165) is 13.7 Å². The zero-order chi connectivity index (χ0) is 13.3. The summed E-state index contributed by atoms with van der Waals surface area (Å²) < 4.78 is 33.3. The van der Waals surface area contributed by atoms with Crippen molar-refractivity contribution in [3.8, 4) is 0 Å². The van der Waals surface area contributed by atoms with Gasteiger partial charge in [0, 0.05) is 18.6 Å².